The van der Waals surface area contributed by atoms with Gasteiger partial charge in [0.1, 0.15) is 0 Å². The molecule has 1 heterocycles. The lowest BCUT2D eigenvalue weighted by Gasteiger charge is -2.16. The third kappa shape index (κ3) is 11.1. The minimum atomic E-state index is 0. The molecule has 0 saturated carbocycles. The summed E-state index contributed by atoms with van der Waals surface area (Å²) in [7, 11) is 2.09. The first kappa shape index (κ1) is 29.4. The van der Waals surface area contributed by atoms with E-state index in [0.717, 1.165) is 6.67 Å². The zero-order valence-electron chi connectivity index (χ0n) is 7.80. The maximum Gasteiger partial charge on any atom is 0.187 e. The summed E-state index contributed by atoms with van der Waals surface area (Å²) in [5.41, 5.74) is 0. The molecule has 0 aromatic heterocycles. The Kier molecular flexibility index (Phi) is 34.6. The molecule has 1 rings (SSSR count). The van der Waals surface area contributed by atoms with Crippen LogP contribution < -0.4 is 0 Å². The molecule has 1 aliphatic heterocycles. The lowest BCUT2D eigenvalue weighted by Crippen LogP contribution is -2.22. The summed E-state index contributed by atoms with van der Waals surface area (Å²) in [6.07, 6.45) is 5.48. The van der Waals surface area contributed by atoms with Crippen LogP contribution >= 0.6 is 49.6 Å². The third-order valence-corrected chi connectivity index (χ3v) is 1.45. The minimum absolute atomic E-state index is 0. The second-order valence-corrected chi connectivity index (χ2v) is 2.51. The summed E-state index contributed by atoms with van der Waals surface area (Å²) >= 11 is 0. The molecule has 14 heavy (non-hydrogen) atoms. The van der Waals surface area contributed by atoms with E-state index in [2.05, 4.69) is 36.2 Å². The van der Waals surface area contributed by atoms with Gasteiger partial charge in [0.15, 0.2) is 17.4 Å². The van der Waals surface area contributed by atoms with Crippen molar-refractivity contribution in [1.82, 2.24) is 9.80 Å². The van der Waals surface area contributed by atoms with Gasteiger partial charge in [-0.1, -0.05) is 6.92 Å². The normalized spacial score (nSPS) is 11.3. The predicted octanol–water partition coefficient (Wildman–Crippen LogP) is 1.58. The summed E-state index contributed by atoms with van der Waals surface area (Å²) in [5, 5.41) is 0. The molecule has 0 unspecified atom stereocenters. The van der Waals surface area contributed by atoms with Crippen LogP contribution in [0, 0.1) is 0 Å². The van der Waals surface area contributed by atoms with E-state index >= 15 is 0 Å². The molecule has 0 saturated heterocycles. The fraction of sp³-hybridized carbons (Fsp3) is 0.714. The minimum Gasteiger partial charge on any atom is -0.362 e. The molecule has 0 aromatic rings. The number of hydrogen-bond acceptors (Lipinski definition) is 2. The zero-order chi connectivity index (χ0) is 6.69. The molecule has 0 spiro atoms. The van der Waals surface area contributed by atoms with Crippen molar-refractivity contribution in [1.29, 1.82) is 0 Å². The van der Waals surface area contributed by atoms with Gasteiger partial charge in [-0.3, -0.25) is 0 Å². The van der Waals surface area contributed by atoms with Gasteiger partial charge in [-0.25, -0.2) is 0 Å². The largest absolute Gasteiger partial charge is 0.362 e. The Morgan fingerprint density at radius 3 is 1.86 bits per heavy atom. The average molecular weight is 302 g/mol. The Morgan fingerprint density at radius 1 is 1.07 bits per heavy atom. The lowest BCUT2D eigenvalue weighted by molar-refractivity contribution is 0.297. The Hall–Kier alpha value is 1.03. The zero-order valence-corrected chi connectivity index (χ0v) is 11.1. The van der Waals surface area contributed by atoms with Crippen molar-refractivity contribution in [2.24, 2.45) is 0 Å². The topological polar surface area (TPSA) is 6.48 Å². The molecule has 0 radical (unpaired) electrons. The fourth-order valence-corrected chi connectivity index (χ4v) is 1.02. The lowest BCUT2D eigenvalue weighted by atomic mass is 10.4. The summed E-state index contributed by atoms with van der Waals surface area (Å²) < 4.78 is 0. The Bertz CT molecular complexity index is 126. The van der Waals surface area contributed by atoms with Crippen LogP contribution in [0.2, 0.25) is 0 Å². The molecule has 0 bridgehead atoms. The molecular formula is C7H21AlCl4N2. The molecule has 0 aromatic carbocycles. The van der Waals surface area contributed by atoms with E-state index in [4.69, 9.17) is 0 Å². The number of nitrogens with zero attached hydrogens (tertiary/aromatic N) is 2. The second-order valence-electron chi connectivity index (χ2n) is 2.51. The molecule has 0 amide bonds. The van der Waals surface area contributed by atoms with Gasteiger partial charge >= 0.3 is 0 Å². The predicted molar refractivity (Wildman–Crippen MR) is 77.7 cm³/mol. The van der Waals surface area contributed by atoms with Gasteiger partial charge in [0.2, 0.25) is 0 Å². The Balaban J connectivity index is -0.0000000540. The maximum absolute atomic E-state index is 2.31. The number of rotatable bonds is 2. The molecule has 0 atom stereocenters. The van der Waals surface area contributed by atoms with E-state index in [1.54, 1.807) is 0 Å². The van der Waals surface area contributed by atoms with Gasteiger partial charge < -0.3 is 9.80 Å². The van der Waals surface area contributed by atoms with Crippen LogP contribution in [0.5, 0.6) is 0 Å². The Labute approximate surface area is 122 Å². The highest BCUT2D eigenvalue weighted by Crippen LogP contribution is 2.02. The van der Waals surface area contributed by atoms with Crippen LogP contribution in [0.3, 0.4) is 0 Å². The van der Waals surface area contributed by atoms with E-state index in [1.165, 1.54) is 13.0 Å². The second kappa shape index (κ2) is 16.5. The standard InChI is InChI=1S/C7H14N2.Al.4ClH.3H/c1-3-4-9-6-5-8(2)7-9;;;;;;;;/h5-6H,3-4,7H2,1-2H3;;4*1H;;;. The van der Waals surface area contributed by atoms with Crippen molar-refractivity contribution in [3.8, 4) is 0 Å². The summed E-state index contributed by atoms with van der Waals surface area (Å²) in [4.78, 5) is 4.48. The highest BCUT2D eigenvalue weighted by molar-refractivity contribution is 5.86. The Morgan fingerprint density at radius 2 is 1.57 bits per heavy atom. The van der Waals surface area contributed by atoms with E-state index in [9.17, 15) is 0 Å². The van der Waals surface area contributed by atoms with E-state index < -0.39 is 0 Å². The summed E-state index contributed by atoms with van der Waals surface area (Å²) in [6.45, 7) is 4.45. The van der Waals surface area contributed by atoms with Crippen LogP contribution in [0.1, 0.15) is 13.3 Å². The first-order valence-corrected chi connectivity index (χ1v) is 3.45. The maximum atomic E-state index is 2.31. The third-order valence-electron chi connectivity index (χ3n) is 1.45. The quantitative estimate of drug-likeness (QED) is 0.715. The summed E-state index contributed by atoms with van der Waals surface area (Å²) in [5.74, 6) is 0. The monoisotopic (exact) mass is 300 g/mol. The molecular weight excluding hydrogens is 281 g/mol. The van der Waals surface area contributed by atoms with Crippen LogP contribution in [-0.4, -0.2) is 47.4 Å². The van der Waals surface area contributed by atoms with Gasteiger partial charge in [0.05, 0.1) is 6.67 Å². The molecule has 90 valence electrons. The van der Waals surface area contributed by atoms with Gasteiger partial charge in [-0.15, -0.1) is 49.6 Å². The average Bonchev–Trinajstić information content (AvgIpc) is 2.17. The van der Waals surface area contributed by atoms with Crippen molar-refractivity contribution in [3.05, 3.63) is 12.4 Å². The van der Waals surface area contributed by atoms with Gasteiger partial charge in [-0.2, -0.15) is 0 Å². The highest BCUT2D eigenvalue weighted by atomic mass is 35.5. The highest BCUT2D eigenvalue weighted by Gasteiger charge is 2.04. The van der Waals surface area contributed by atoms with Crippen LogP contribution in [0.25, 0.3) is 0 Å². The van der Waals surface area contributed by atoms with Crippen LogP contribution in [0.4, 0.5) is 0 Å². The van der Waals surface area contributed by atoms with E-state index in [-0.39, 0.29) is 67.0 Å². The van der Waals surface area contributed by atoms with Crippen molar-refractivity contribution in [3.63, 3.8) is 0 Å². The van der Waals surface area contributed by atoms with E-state index in [1.807, 2.05) is 0 Å². The fourth-order valence-electron chi connectivity index (χ4n) is 1.02. The van der Waals surface area contributed by atoms with Crippen molar-refractivity contribution < 1.29 is 0 Å². The molecule has 0 aliphatic carbocycles. The van der Waals surface area contributed by atoms with E-state index in [0.29, 0.717) is 0 Å². The molecule has 7 heteroatoms. The van der Waals surface area contributed by atoms with Crippen LogP contribution in [0.15, 0.2) is 12.4 Å². The molecule has 1 aliphatic rings. The number of hydrogen-bond donors (Lipinski definition) is 0. The van der Waals surface area contributed by atoms with Crippen molar-refractivity contribution in [2.75, 3.05) is 20.3 Å². The smallest absolute Gasteiger partial charge is 0.187 e. The van der Waals surface area contributed by atoms with Crippen molar-refractivity contribution >= 4 is 67.0 Å². The molecule has 0 N–H and O–H groups in total. The van der Waals surface area contributed by atoms with Crippen LogP contribution in [-0.2, 0) is 0 Å². The first-order chi connectivity index (χ1) is 4.33. The molecule has 2 nitrogen and oxygen atoms in total. The molecule has 0 fully saturated rings. The van der Waals surface area contributed by atoms with Gasteiger partial charge in [-0.05, 0) is 6.42 Å². The number of halogens is 4. The van der Waals surface area contributed by atoms with Gasteiger partial charge in [0.25, 0.3) is 0 Å². The van der Waals surface area contributed by atoms with Crippen molar-refractivity contribution in [2.45, 2.75) is 13.3 Å². The van der Waals surface area contributed by atoms with Gasteiger partial charge in [0, 0.05) is 26.0 Å². The summed E-state index contributed by atoms with van der Waals surface area (Å²) in [6, 6.07) is 0. The SMILES string of the molecule is CCCN1C=CN(C)C1.Cl.Cl.Cl.Cl.[AlH3]. The first-order valence-electron chi connectivity index (χ1n) is 3.45.